The van der Waals surface area contributed by atoms with Gasteiger partial charge < -0.3 is 4.57 Å². The van der Waals surface area contributed by atoms with Crippen LogP contribution in [0.1, 0.15) is 32.3 Å². The van der Waals surface area contributed by atoms with Crippen LogP contribution in [0.2, 0.25) is 0 Å². The van der Waals surface area contributed by atoms with Crippen molar-refractivity contribution in [2.45, 2.75) is 37.6 Å². The van der Waals surface area contributed by atoms with Crippen molar-refractivity contribution in [1.82, 2.24) is 14.5 Å². The van der Waals surface area contributed by atoms with Gasteiger partial charge in [0.2, 0.25) is 0 Å². The van der Waals surface area contributed by atoms with Crippen LogP contribution < -0.4 is 4.31 Å². The first-order chi connectivity index (χ1) is 14.7. The first kappa shape index (κ1) is 21.1. The summed E-state index contributed by atoms with van der Waals surface area (Å²) in [4.78, 5) is 9.61. The van der Waals surface area contributed by atoms with Crippen LogP contribution in [-0.2, 0) is 22.0 Å². The Morgan fingerprint density at radius 1 is 0.968 bits per heavy atom. The number of benzene rings is 2. The average Bonchev–Trinajstić information content (AvgIpc) is 3.12. The number of anilines is 1. The van der Waals surface area contributed by atoms with Gasteiger partial charge in [0.25, 0.3) is 10.0 Å². The van der Waals surface area contributed by atoms with E-state index in [-0.39, 0.29) is 10.3 Å². The van der Waals surface area contributed by atoms with E-state index in [9.17, 15) is 8.42 Å². The Morgan fingerprint density at radius 2 is 1.68 bits per heavy atom. The van der Waals surface area contributed by atoms with Gasteiger partial charge in [-0.1, -0.05) is 45.0 Å². The van der Waals surface area contributed by atoms with Crippen LogP contribution in [0.4, 0.5) is 5.69 Å². The second kappa shape index (κ2) is 7.81. The number of hydrogen-bond donors (Lipinski definition) is 0. The minimum Gasteiger partial charge on any atom is -0.321 e. The molecule has 0 spiro atoms. The summed E-state index contributed by atoms with van der Waals surface area (Å²) >= 11 is 0. The summed E-state index contributed by atoms with van der Waals surface area (Å²) in [6, 6.07) is 19.9. The molecule has 6 nitrogen and oxygen atoms in total. The first-order valence-corrected chi connectivity index (χ1v) is 11.6. The zero-order valence-corrected chi connectivity index (χ0v) is 19.0. The largest absolute Gasteiger partial charge is 0.321 e. The van der Waals surface area contributed by atoms with E-state index in [4.69, 9.17) is 4.98 Å². The third-order valence-electron chi connectivity index (χ3n) is 5.21. The second-order valence-electron chi connectivity index (χ2n) is 8.55. The highest BCUT2D eigenvalue weighted by Crippen LogP contribution is 2.30. The van der Waals surface area contributed by atoms with Crippen LogP contribution in [0.3, 0.4) is 0 Å². The molecule has 2 heterocycles. The van der Waals surface area contributed by atoms with Gasteiger partial charge >= 0.3 is 0 Å². The molecule has 0 fully saturated rings. The predicted molar refractivity (Wildman–Crippen MR) is 124 cm³/mol. The maximum absolute atomic E-state index is 13.0. The molecule has 0 atom stereocenters. The minimum absolute atomic E-state index is 0.185. The predicted octanol–water partition coefficient (Wildman–Crippen LogP) is 4.60. The molecule has 31 heavy (non-hydrogen) atoms. The lowest BCUT2D eigenvalue weighted by Gasteiger charge is -2.20. The van der Waals surface area contributed by atoms with Crippen LogP contribution in [0.5, 0.6) is 0 Å². The highest BCUT2D eigenvalue weighted by atomic mass is 32.2. The number of fused-ring (bicyclic) bond motifs is 1. The molecule has 0 saturated heterocycles. The zero-order valence-electron chi connectivity index (χ0n) is 18.1. The van der Waals surface area contributed by atoms with Gasteiger partial charge in [-0.25, -0.2) is 13.4 Å². The third kappa shape index (κ3) is 4.05. The van der Waals surface area contributed by atoms with E-state index >= 15 is 0 Å². The number of hydrogen-bond acceptors (Lipinski definition) is 4. The number of imidazole rings is 1. The number of nitrogens with zero attached hydrogens (tertiary/aromatic N) is 4. The Morgan fingerprint density at radius 3 is 2.32 bits per heavy atom. The Hall–Kier alpha value is -3.19. The van der Waals surface area contributed by atoms with Crippen molar-refractivity contribution in [2.75, 3.05) is 11.4 Å². The summed E-state index contributed by atoms with van der Waals surface area (Å²) in [5, 5.41) is 0. The summed E-state index contributed by atoms with van der Waals surface area (Å²) in [6.07, 6.45) is 1.78. The molecule has 2 aromatic heterocycles. The van der Waals surface area contributed by atoms with E-state index in [1.807, 2.05) is 36.4 Å². The lowest BCUT2D eigenvalue weighted by atomic mass is 9.95. The lowest BCUT2D eigenvalue weighted by Crippen LogP contribution is -2.26. The standard InChI is InChI=1S/C24H26N4O2S/c1-24(2,3)23-26-21-16-19(27(4)31(29,30)20-11-6-5-7-12-20)13-14-22(21)28(23)17-18-10-8-9-15-25-18/h5-16H,17H2,1-4H3. The van der Waals surface area contributed by atoms with Gasteiger partial charge in [0.15, 0.2) is 0 Å². The second-order valence-corrected chi connectivity index (χ2v) is 10.5. The molecule has 0 unspecified atom stereocenters. The molecule has 4 aromatic rings. The summed E-state index contributed by atoms with van der Waals surface area (Å²) in [5.41, 5.74) is 3.04. The normalized spacial score (nSPS) is 12.3. The molecule has 0 aliphatic rings. The quantitative estimate of drug-likeness (QED) is 0.460. The fourth-order valence-corrected chi connectivity index (χ4v) is 4.80. The molecule has 2 aromatic carbocycles. The fraction of sp³-hybridized carbons (Fsp3) is 0.250. The Bertz CT molecular complexity index is 1310. The Kier molecular flexibility index (Phi) is 5.31. The van der Waals surface area contributed by atoms with Crippen LogP contribution in [-0.4, -0.2) is 30.0 Å². The number of sulfonamides is 1. The molecule has 0 radical (unpaired) electrons. The molecule has 4 rings (SSSR count). The number of pyridine rings is 1. The fourth-order valence-electron chi connectivity index (χ4n) is 3.59. The molecule has 0 saturated carbocycles. The monoisotopic (exact) mass is 434 g/mol. The van der Waals surface area contributed by atoms with E-state index in [0.717, 1.165) is 22.6 Å². The molecular weight excluding hydrogens is 408 g/mol. The van der Waals surface area contributed by atoms with E-state index in [2.05, 4.69) is 30.3 Å². The van der Waals surface area contributed by atoms with Gasteiger partial charge in [-0.3, -0.25) is 9.29 Å². The van der Waals surface area contributed by atoms with Gasteiger partial charge in [-0.2, -0.15) is 0 Å². The van der Waals surface area contributed by atoms with Crippen LogP contribution in [0.15, 0.2) is 77.8 Å². The molecule has 0 aliphatic carbocycles. The molecule has 0 aliphatic heterocycles. The van der Waals surface area contributed by atoms with Gasteiger partial charge in [-0.05, 0) is 42.5 Å². The minimum atomic E-state index is -3.65. The first-order valence-electron chi connectivity index (χ1n) is 10.1. The van der Waals surface area contributed by atoms with Crippen LogP contribution >= 0.6 is 0 Å². The van der Waals surface area contributed by atoms with Crippen molar-refractivity contribution in [1.29, 1.82) is 0 Å². The number of aromatic nitrogens is 3. The van der Waals surface area contributed by atoms with Gasteiger partial charge in [0.05, 0.1) is 33.9 Å². The summed E-state index contributed by atoms with van der Waals surface area (Å²) in [6.45, 7) is 6.96. The molecule has 7 heteroatoms. The van der Waals surface area contributed by atoms with E-state index in [0.29, 0.717) is 12.2 Å². The van der Waals surface area contributed by atoms with Crippen molar-refractivity contribution >= 4 is 26.7 Å². The van der Waals surface area contributed by atoms with Crippen LogP contribution in [0, 0.1) is 0 Å². The van der Waals surface area contributed by atoms with Gasteiger partial charge in [-0.15, -0.1) is 0 Å². The van der Waals surface area contributed by atoms with Crippen molar-refractivity contribution in [2.24, 2.45) is 0 Å². The topological polar surface area (TPSA) is 68.1 Å². The van der Waals surface area contributed by atoms with E-state index in [1.54, 1.807) is 43.6 Å². The molecule has 160 valence electrons. The molecule has 0 bridgehead atoms. The van der Waals surface area contributed by atoms with Crippen molar-refractivity contribution in [3.8, 4) is 0 Å². The molecular formula is C24H26N4O2S. The molecule has 0 N–H and O–H groups in total. The highest BCUT2D eigenvalue weighted by molar-refractivity contribution is 7.92. The van der Waals surface area contributed by atoms with Gasteiger partial charge in [0, 0.05) is 18.7 Å². The lowest BCUT2D eigenvalue weighted by molar-refractivity contribution is 0.515. The Labute approximate surface area is 183 Å². The summed E-state index contributed by atoms with van der Waals surface area (Å²) in [5.74, 6) is 0.930. The SMILES string of the molecule is CN(c1ccc2c(c1)nc(C(C)(C)C)n2Cc1ccccn1)S(=O)(=O)c1ccccc1. The van der Waals surface area contributed by atoms with Crippen molar-refractivity contribution in [3.05, 3.63) is 84.4 Å². The Balaban J connectivity index is 1.80. The van der Waals surface area contributed by atoms with Crippen LogP contribution in [0.25, 0.3) is 11.0 Å². The van der Waals surface area contributed by atoms with E-state index in [1.165, 1.54) is 4.31 Å². The maximum Gasteiger partial charge on any atom is 0.264 e. The van der Waals surface area contributed by atoms with Crippen molar-refractivity contribution in [3.63, 3.8) is 0 Å². The van der Waals surface area contributed by atoms with Gasteiger partial charge in [0.1, 0.15) is 5.82 Å². The smallest absolute Gasteiger partial charge is 0.264 e. The summed E-state index contributed by atoms with van der Waals surface area (Å²) < 4.78 is 29.5. The zero-order chi connectivity index (χ0) is 22.2. The third-order valence-corrected chi connectivity index (χ3v) is 7.01. The number of rotatable bonds is 5. The maximum atomic E-state index is 13.0. The highest BCUT2D eigenvalue weighted by Gasteiger charge is 2.25. The average molecular weight is 435 g/mol. The van der Waals surface area contributed by atoms with E-state index < -0.39 is 10.0 Å². The summed E-state index contributed by atoms with van der Waals surface area (Å²) in [7, 11) is -2.08. The van der Waals surface area contributed by atoms with Crippen molar-refractivity contribution < 1.29 is 8.42 Å². The molecule has 0 amide bonds.